The fourth-order valence-corrected chi connectivity index (χ4v) is 3.16. The monoisotopic (exact) mass is 362 g/mol. The topological polar surface area (TPSA) is 84.5 Å². The van der Waals surface area contributed by atoms with Crippen LogP contribution in [0.2, 0.25) is 0 Å². The molecule has 2 aromatic rings. The van der Waals surface area contributed by atoms with Crippen LogP contribution in [-0.2, 0) is 14.8 Å². The van der Waals surface area contributed by atoms with E-state index in [0.29, 0.717) is 11.3 Å². The molecule has 0 fully saturated rings. The van der Waals surface area contributed by atoms with Gasteiger partial charge in [-0.2, -0.15) is 0 Å². The lowest BCUT2D eigenvalue weighted by Crippen LogP contribution is -2.27. The van der Waals surface area contributed by atoms with Crippen molar-refractivity contribution >= 4 is 21.8 Å². The summed E-state index contributed by atoms with van der Waals surface area (Å²) in [6.45, 7) is 5.36. The molecule has 0 aliphatic carbocycles. The Kier molecular flexibility index (Phi) is 5.49. The standard InChI is InChI=1S/C18H22N2O4S/c1-18(2,3)24-17(21)20-14-11-9-13(10-12-14)15-7-5-6-8-16(15)25(22,23)19-4/h5-12,19H,1-4H3,(H,20,21). The van der Waals surface area contributed by atoms with Crippen LogP contribution in [-0.4, -0.2) is 27.2 Å². The third-order valence-electron chi connectivity index (χ3n) is 3.29. The van der Waals surface area contributed by atoms with E-state index in [9.17, 15) is 13.2 Å². The number of carbonyl (C=O) groups is 1. The second-order valence-electron chi connectivity index (χ2n) is 6.41. The van der Waals surface area contributed by atoms with E-state index < -0.39 is 21.7 Å². The zero-order valence-electron chi connectivity index (χ0n) is 14.7. The first-order chi connectivity index (χ1) is 11.6. The molecule has 0 unspecified atom stereocenters. The van der Waals surface area contributed by atoms with Gasteiger partial charge in [-0.15, -0.1) is 0 Å². The van der Waals surface area contributed by atoms with Crippen molar-refractivity contribution in [3.8, 4) is 11.1 Å². The van der Waals surface area contributed by atoms with E-state index in [-0.39, 0.29) is 4.90 Å². The van der Waals surface area contributed by atoms with Crippen molar-refractivity contribution in [1.82, 2.24) is 4.72 Å². The molecule has 7 heteroatoms. The average molecular weight is 362 g/mol. The molecule has 134 valence electrons. The van der Waals surface area contributed by atoms with E-state index in [4.69, 9.17) is 4.74 Å². The maximum atomic E-state index is 12.2. The molecule has 0 aromatic heterocycles. The highest BCUT2D eigenvalue weighted by Crippen LogP contribution is 2.28. The number of hydrogen-bond donors (Lipinski definition) is 2. The van der Waals surface area contributed by atoms with Crippen molar-refractivity contribution in [3.05, 3.63) is 48.5 Å². The van der Waals surface area contributed by atoms with Crippen molar-refractivity contribution in [3.63, 3.8) is 0 Å². The normalized spacial score (nSPS) is 11.8. The van der Waals surface area contributed by atoms with Gasteiger partial charge in [0.1, 0.15) is 5.60 Å². The van der Waals surface area contributed by atoms with Gasteiger partial charge < -0.3 is 4.74 Å². The first kappa shape index (κ1) is 19.0. The Labute approximate surface area is 148 Å². The van der Waals surface area contributed by atoms with Crippen molar-refractivity contribution in [1.29, 1.82) is 0 Å². The number of rotatable bonds is 4. The van der Waals surface area contributed by atoms with Crippen LogP contribution < -0.4 is 10.0 Å². The first-order valence-corrected chi connectivity index (χ1v) is 9.24. The smallest absolute Gasteiger partial charge is 0.412 e. The third kappa shape index (κ3) is 5.04. The number of ether oxygens (including phenoxy) is 1. The number of anilines is 1. The molecule has 0 aliphatic rings. The molecular weight excluding hydrogens is 340 g/mol. The van der Waals surface area contributed by atoms with E-state index in [0.717, 1.165) is 5.56 Å². The Morgan fingerprint density at radius 3 is 2.16 bits per heavy atom. The molecule has 25 heavy (non-hydrogen) atoms. The molecule has 0 saturated heterocycles. The Morgan fingerprint density at radius 2 is 1.60 bits per heavy atom. The van der Waals surface area contributed by atoms with Crippen molar-refractivity contribution < 1.29 is 17.9 Å². The highest BCUT2D eigenvalue weighted by atomic mass is 32.2. The minimum Gasteiger partial charge on any atom is -0.444 e. The van der Waals surface area contributed by atoms with Crippen molar-refractivity contribution in [2.45, 2.75) is 31.3 Å². The first-order valence-electron chi connectivity index (χ1n) is 7.75. The van der Waals surface area contributed by atoms with Gasteiger partial charge in [0.05, 0.1) is 4.90 Å². The van der Waals surface area contributed by atoms with Gasteiger partial charge >= 0.3 is 6.09 Å². The number of sulfonamides is 1. The van der Waals surface area contributed by atoms with Crippen LogP contribution in [0.25, 0.3) is 11.1 Å². The third-order valence-corrected chi connectivity index (χ3v) is 4.76. The van der Waals surface area contributed by atoms with E-state index in [1.807, 2.05) is 0 Å². The highest BCUT2D eigenvalue weighted by molar-refractivity contribution is 7.89. The summed E-state index contributed by atoms with van der Waals surface area (Å²) < 4.78 is 31.8. The highest BCUT2D eigenvalue weighted by Gasteiger charge is 2.18. The summed E-state index contributed by atoms with van der Waals surface area (Å²) in [6.07, 6.45) is -0.543. The lowest BCUT2D eigenvalue weighted by atomic mass is 10.1. The maximum Gasteiger partial charge on any atom is 0.412 e. The summed E-state index contributed by atoms with van der Waals surface area (Å²) in [4.78, 5) is 12.0. The van der Waals surface area contributed by atoms with E-state index >= 15 is 0 Å². The molecule has 0 atom stereocenters. The van der Waals surface area contributed by atoms with Gasteiger partial charge in [0.15, 0.2) is 0 Å². The summed E-state index contributed by atoms with van der Waals surface area (Å²) in [7, 11) is -2.19. The van der Waals surface area contributed by atoms with Gasteiger partial charge in [-0.25, -0.2) is 17.9 Å². The van der Waals surface area contributed by atoms with Crippen molar-refractivity contribution in [2.75, 3.05) is 12.4 Å². The molecule has 0 bridgehead atoms. The predicted molar refractivity (Wildman–Crippen MR) is 98.0 cm³/mol. The minimum atomic E-state index is -3.57. The van der Waals surface area contributed by atoms with Crippen LogP contribution in [0.15, 0.2) is 53.4 Å². The number of benzene rings is 2. The lowest BCUT2D eigenvalue weighted by Gasteiger charge is -2.19. The maximum absolute atomic E-state index is 12.2. The van der Waals surface area contributed by atoms with Crippen LogP contribution in [0, 0.1) is 0 Å². The second kappa shape index (κ2) is 7.25. The zero-order valence-corrected chi connectivity index (χ0v) is 15.5. The summed E-state index contributed by atoms with van der Waals surface area (Å²) in [5.41, 5.74) is 1.29. The molecule has 0 heterocycles. The van der Waals surface area contributed by atoms with Crippen LogP contribution in [0.5, 0.6) is 0 Å². The van der Waals surface area contributed by atoms with Gasteiger partial charge in [-0.3, -0.25) is 5.32 Å². The fourth-order valence-electron chi connectivity index (χ4n) is 2.20. The Hall–Kier alpha value is -2.38. The Bertz CT molecular complexity index is 853. The molecule has 0 radical (unpaired) electrons. The van der Waals surface area contributed by atoms with Gasteiger partial charge in [0.25, 0.3) is 0 Å². The number of hydrogen-bond acceptors (Lipinski definition) is 4. The second-order valence-corrected chi connectivity index (χ2v) is 8.26. The number of carbonyl (C=O) groups excluding carboxylic acids is 1. The van der Waals surface area contributed by atoms with Gasteiger partial charge in [0, 0.05) is 11.3 Å². The van der Waals surface area contributed by atoms with Crippen LogP contribution in [0.1, 0.15) is 20.8 Å². The SMILES string of the molecule is CNS(=O)(=O)c1ccccc1-c1ccc(NC(=O)OC(C)(C)C)cc1. The molecule has 2 rings (SSSR count). The fraction of sp³-hybridized carbons (Fsp3) is 0.278. The molecule has 2 N–H and O–H groups in total. The lowest BCUT2D eigenvalue weighted by molar-refractivity contribution is 0.0636. The predicted octanol–water partition coefficient (Wildman–Crippen LogP) is 3.61. The van der Waals surface area contributed by atoms with Crippen LogP contribution in [0.4, 0.5) is 10.5 Å². The molecular formula is C18H22N2O4S. The van der Waals surface area contributed by atoms with Gasteiger partial charge in [-0.05, 0) is 51.6 Å². The minimum absolute atomic E-state index is 0.199. The van der Waals surface area contributed by atoms with Gasteiger partial charge in [-0.1, -0.05) is 30.3 Å². The summed E-state index contributed by atoms with van der Waals surface area (Å²) >= 11 is 0. The number of nitrogens with one attached hydrogen (secondary N) is 2. The van der Waals surface area contributed by atoms with Crippen LogP contribution >= 0.6 is 0 Å². The van der Waals surface area contributed by atoms with Gasteiger partial charge in [0.2, 0.25) is 10.0 Å². The zero-order chi connectivity index (χ0) is 18.7. The molecule has 6 nitrogen and oxygen atoms in total. The van der Waals surface area contributed by atoms with E-state index in [2.05, 4.69) is 10.0 Å². The largest absolute Gasteiger partial charge is 0.444 e. The molecule has 0 saturated carbocycles. The molecule has 1 amide bonds. The molecule has 0 spiro atoms. The average Bonchev–Trinajstić information content (AvgIpc) is 2.54. The van der Waals surface area contributed by atoms with E-state index in [1.54, 1.807) is 69.3 Å². The van der Waals surface area contributed by atoms with E-state index in [1.165, 1.54) is 7.05 Å². The van der Waals surface area contributed by atoms with Crippen molar-refractivity contribution in [2.24, 2.45) is 0 Å². The molecule has 0 aliphatic heterocycles. The molecule has 2 aromatic carbocycles. The summed E-state index contributed by atoms with van der Waals surface area (Å²) in [5, 5.41) is 2.64. The Morgan fingerprint density at radius 1 is 1.00 bits per heavy atom. The summed E-state index contributed by atoms with van der Waals surface area (Å²) in [5.74, 6) is 0. The quantitative estimate of drug-likeness (QED) is 0.870. The number of amides is 1. The summed E-state index contributed by atoms with van der Waals surface area (Å²) in [6, 6.07) is 13.6. The van der Waals surface area contributed by atoms with Crippen LogP contribution in [0.3, 0.4) is 0 Å². The Balaban J connectivity index is 2.26.